The zero-order valence-corrected chi connectivity index (χ0v) is 12.5. The zero-order valence-electron chi connectivity index (χ0n) is 12.5. The van der Waals surface area contributed by atoms with E-state index in [4.69, 9.17) is 0 Å². The van der Waals surface area contributed by atoms with Crippen molar-refractivity contribution in [3.05, 3.63) is 51.8 Å². The molecule has 1 N–H and O–H groups in total. The molecule has 2 aromatic rings. The van der Waals surface area contributed by atoms with Gasteiger partial charge >= 0.3 is 11.7 Å². The first-order chi connectivity index (χ1) is 10.9. The van der Waals surface area contributed by atoms with E-state index in [9.17, 15) is 19.7 Å². The van der Waals surface area contributed by atoms with Crippen LogP contribution in [0.2, 0.25) is 0 Å². The molecule has 0 bridgehead atoms. The molecule has 0 radical (unpaired) electrons. The number of para-hydroxylation sites is 1. The molecule has 9 nitrogen and oxygen atoms in total. The third-order valence-corrected chi connectivity index (χ3v) is 3.17. The van der Waals surface area contributed by atoms with Gasteiger partial charge in [-0.3, -0.25) is 19.6 Å². The number of aromatic nitrogens is 2. The maximum absolute atomic E-state index is 12.1. The van der Waals surface area contributed by atoms with Crippen LogP contribution >= 0.6 is 0 Å². The van der Waals surface area contributed by atoms with Gasteiger partial charge in [-0.15, -0.1) is 0 Å². The average Bonchev–Trinajstić information content (AvgIpc) is 2.88. The van der Waals surface area contributed by atoms with E-state index in [0.717, 1.165) is 6.20 Å². The first-order valence-electron chi connectivity index (χ1n) is 6.56. The number of aryl methyl sites for hydroxylation is 1. The van der Waals surface area contributed by atoms with Gasteiger partial charge in [-0.25, -0.2) is 4.79 Å². The molecule has 1 amide bonds. The van der Waals surface area contributed by atoms with Gasteiger partial charge in [0.1, 0.15) is 11.9 Å². The van der Waals surface area contributed by atoms with Crippen molar-refractivity contribution in [2.75, 3.05) is 12.4 Å². The van der Waals surface area contributed by atoms with Crippen LogP contribution in [0.5, 0.6) is 0 Å². The van der Waals surface area contributed by atoms with Crippen molar-refractivity contribution >= 4 is 23.3 Å². The van der Waals surface area contributed by atoms with Crippen LogP contribution in [-0.2, 0) is 23.0 Å². The highest BCUT2D eigenvalue weighted by Crippen LogP contribution is 2.20. The summed E-state index contributed by atoms with van der Waals surface area (Å²) in [5, 5.41) is 17.2. The molecule has 0 spiro atoms. The topological polar surface area (TPSA) is 116 Å². The van der Waals surface area contributed by atoms with Crippen LogP contribution in [0.15, 0.2) is 30.5 Å². The number of ether oxygens (including phenoxy) is 1. The number of nitrogens with zero attached hydrogens (tertiary/aromatic N) is 3. The maximum atomic E-state index is 12.1. The fourth-order valence-electron chi connectivity index (χ4n) is 2.04. The van der Waals surface area contributed by atoms with E-state index >= 15 is 0 Å². The van der Waals surface area contributed by atoms with Crippen molar-refractivity contribution in [2.24, 2.45) is 7.05 Å². The van der Waals surface area contributed by atoms with Crippen LogP contribution in [-0.4, -0.2) is 33.7 Å². The van der Waals surface area contributed by atoms with Crippen LogP contribution in [0, 0.1) is 10.1 Å². The van der Waals surface area contributed by atoms with E-state index in [-0.39, 0.29) is 29.1 Å². The molecule has 0 aliphatic carbocycles. The number of rotatable bonds is 5. The van der Waals surface area contributed by atoms with E-state index < -0.39 is 16.8 Å². The van der Waals surface area contributed by atoms with E-state index in [1.807, 2.05) is 0 Å². The predicted molar refractivity (Wildman–Crippen MR) is 80.0 cm³/mol. The summed E-state index contributed by atoms with van der Waals surface area (Å²) in [6, 6.07) is 6.33. The molecule has 23 heavy (non-hydrogen) atoms. The highest BCUT2D eigenvalue weighted by atomic mass is 16.6. The van der Waals surface area contributed by atoms with Gasteiger partial charge in [-0.2, -0.15) is 5.10 Å². The third kappa shape index (κ3) is 3.51. The number of amides is 1. The Hall–Kier alpha value is -3.23. The van der Waals surface area contributed by atoms with E-state index in [1.165, 1.54) is 24.9 Å². The first kappa shape index (κ1) is 16.1. The first-order valence-corrected chi connectivity index (χ1v) is 6.56. The molecule has 0 atom stereocenters. The second-order valence-corrected chi connectivity index (χ2v) is 4.62. The smallest absolute Gasteiger partial charge is 0.339 e. The molecule has 1 aromatic carbocycles. The Morgan fingerprint density at radius 2 is 2.09 bits per heavy atom. The molecule has 1 aromatic heterocycles. The van der Waals surface area contributed by atoms with Gasteiger partial charge in [0.05, 0.1) is 29.7 Å². The summed E-state index contributed by atoms with van der Waals surface area (Å²) in [7, 11) is 2.75. The van der Waals surface area contributed by atoms with Gasteiger partial charge in [0.25, 0.3) is 0 Å². The Morgan fingerprint density at radius 3 is 2.74 bits per heavy atom. The summed E-state index contributed by atoms with van der Waals surface area (Å²) >= 11 is 0. The molecule has 0 saturated heterocycles. The second kappa shape index (κ2) is 6.69. The molecule has 9 heteroatoms. The summed E-state index contributed by atoms with van der Waals surface area (Å²) in [6.45, 7) is 0. The lowest BCUT2D eigenvalue weighted by Crippen LogP contribution is -2.19. The highest BCUT2D eigenvalue weighted by molar-refractivity contribution is 6.01. The molecule has 0 aliphatic rings. The standard InChI is InChI=1S/C14H14N4O5/c1-17-11(12(8-15-17)18(21)22)7-13(19)16-10-6-4-3-5-9(10)14(20)23-2/h3-6,8H,7H2,1-2H3,(H,16,19). The summed E-state index contributed by atoms with van der Waals surface area (Å²) in [4.78, 5) is 34.1. The molecular weight excluding hydrogens is 304 g/mol. The van der Waals surface area contributed by atoms with Crippen molar-refractivity contribution in [3.63, 3.8) is 0 Å². The quantitative estimate of drug-likeness (QED) is 0.504. The molecule has 1 heterocycles. The highest BCUT2D eigenvalue weighted by Gasteiger charge is 2.22. The van der Waals surface area contributed by atoms with Crippen LogP contribution in [0.3, 0.4) is 0 Å². The van der Waals surface area contributed by atoms with Crippen molar-refractivity contribution in [3.8, 4) is 0 Å². The number of esters is 1. The lowest BCUT2D eigenvalue weighted by atomic mass is 10.1. The molecule has 120 valence electrons. The van der Waals surface area contributed by atoms with Gasteiger partial charge in [0.2, 0.25) is 5.91 Å². The predicted octanol–water partition coefficient (Wildman–Crippen LogP) is 1.30. The van der Waals surface area contributed by atoms with Crippen molar-refractivity contribution in [1.29, 1.82) is 0 Å². The maximum Gasteiger partial charge on any atom is 0.339 e. The van der Waals surface area contributed by atoms with Crippen molar-refractivity contribution in [2.45, 2.75) is 6.42 Å². The van der Waals surface area contributed by atoms with Crippen LogP contribution in [0.4, 0.5) is 11.4 Å². The largest absolute Gasteiger partial charge is 0.465 e. The number of methoxy groups -OCH3 is 1. The normalized spacial score (nSPS) is 10.2. The number of nitro groups is 1. The second-order valence-electron chi connectivity index (χ2n) is 4.62. The van der Waals surface area contributed by atoms with Gasteiger partial charge in [0, 0.05) is 7.05 Å². The summed E-state index contributed by atoms with van der Waals surface area (Å²) in [5.74, 6) is -1.10. The summed E-state index contributed by atoms with van der Waals surface area (Å²) in [5.41, 5.74) is 0.406. The van der Waals surface area contributed by atoms with Crippen LogP contribution in [0.1, 0.15) is 16.1 Å². The number of hydrogen-bond acceptors (Lipinski definition) is 6. The minimum Gasteiger partial charge on any atom is -0.465 e. The number of carbonyl (C=O) groups excluding carboxylic acids is 2. The number of benzene rings is 1. The lowest BCUT2D eigenvalue weighted by molar-refractivity contribution is -0.385. The zero-order chi connectivity index (χ0) is 17.0. The van der Waals surface area contributed by atoms with Gasteiger partial charge in [0.15, 0.2) is 0 Å². The van der Waals surface area contributed by atoms with E-state index in [1.54, 1.807) is 18.2 Å². The summed E-state index contributed by atoms with van der Waals surface area (Å²) in [6.07, 6.45) is 0.841. The fourth-order valence-corrected chi connectivity index (χ4v) is 2.04. The number of anilines is 1. The van der Waals surface area contributed by atoms with E-state index in [2.05, 4.69) is 15.2 Å². The number of carbonyl (C=O) groups is 2. The van der Waals surface area contributed by atoms with Crippen LogP contribution < -0.4 is 5.32 Å². The Labute approximate surface area is 131 Å². The Bertz CT molecular complexity index is 768. The van der Waals surface area contributed by atoms with Gasteiger partial charge in [-0.05, 0) is 12.1 Å². The van der Waals surface area contributed by atoms with Gasteiger partial charge < -0.3 is 10.1 Å². The van der Waals surface area contributed by atoms with Gasteiger partial charge in [-0.1, -0.05) is 12.1 Å². The Morgan fingerprint density at radius 1 is 1.39 bits per heavy atom. The van der Waals surface area contributed by atoms with Crippen LogP contribution in [0.25, 0.3) is 0 Å². The fraction of sp³-hybridized carbons (Fsp3) is 0.214. The SMILES string of the molecule is COC(=O)c1ccccc1NC(=O)Cc1c([N+](=O)[O-])cnn1C. The molecule has 0 fully saturated rings. The Kier molecular flexibility index (Phi) is 4.69. The molecule has 0 unspecified atom stereocenters. The number of hydrogen-bond donors (Lipinski definition) is 1. The minimum absolute atomic E-state index is 0.169. The Balaban J connectivity index is 2.20. The minimum atomic E-state index is -0.599. The van der Waals surface area contributed by atoms with Crippen molar-refractivity contribution < 1.29 is 19.2 Å². The third-order valence-electron chi connectivity index (χ3n) is 3.17. The monoisotopic (exact) mass is 318 g/mol. The molecule has 0 aliphatic heterocycles. The molecule has 0 saturated carbocycles. The number of nitrogens with one attached hydrogen (secondary N) is 1. The van der Waals surface area contributed by atoms with Crippen molar-refractivity contribution in [1.82, 2.24) is 9.78 Å². The summed E-state index contributed by atoms with van der Waals surface area (Å²) < 4.78 is 5.91. The van der Waals surface area contributed by atoms with E-state index in [0.29, 0.717) is 0 Å². The lowest BCUT2D eigenvalue weighted by Gasteiger charge is -2.09. The average molecular weight is 318 g/mol. The molecular formula is C14H14N4O5. The molecule has 2 rings (SSSR count).